The standard InChI is InChI=1S/C21H26F3N3O2/c1-3-13-28-18-12-8-7-11-17(18)27(2)19-16(21(22,23)24)14-25-20(26-19)29-15-9-5-4-6-10-15/h7-8,11-12,14-15H,3-6,9-10,13H2,1-2H3. The van der Waals surface area contributed by atoms with E-state index in [9.17, 15) is 13.2 Å². The third kappa shape index (κ3) is 5.31. The molecule has 0 radical (unpaired) electrons. The normalized spacial score (nSPS) is 15.2. The molecule has 3 rings (SSSR count). The van der Waals surface area contributed by atoms with Gasteiger partial charge in [-0.05, 0) is 44.2 Å². The molecule has 158 valence electrons. The molecular weight excluding hydrogens is 383 g/mol. The van der Waals surface area contributed by atoms with Crippen LogP contribution in [0.4, 0.5) is 24.7 Å². The van der Waals surface area contributed by atoms with Crippen molar-refractivity contribution < 1.29 is 22.6 Å². The van der Waals surface area contributed by atoms with E-state index in [1.807, 2.05) is 6.92 Å². The highest BCUT2D eigenvalue weighted by Gasteiger charge is 2.37. The maximum atomic E-state index is 13.6. The molecule has 0 bridgehead atoms. The van der Waals surface area contributed by atoms with Gasteiger partial charge >= 0.3 is 12.2 Å². The number of aromatic nitrogens is 2. The Morgan fingerprint density at radius 3 is 2.55 bits per heavy atom. The molecule has 1 heterocycles. The Hall–Kier alpha value is -2.51. The first-order chi connectivity index (χ1) is 13.9. The van der Waals surface area contributed by atoms with Crippen molar-refractivity contribution in [2.75, 3.05) is 18.6 Å². The van der Waals surface area contributed by atoms with Gasteiger partial charge in [0.05, 0.1) is 12.3 Å². The molecule has 1 aliphatic carbocycles. The number of rotatable bonds is 7. The summed E-state index contributed by atoms with van der Waals surface area (Å²) in [6, 6.07) is 6.94. The van der Waals surface area contributed by atoms with Gasteiger partial charge in [-0.2, -0.15) is 18.2 Å². The lowest BCUT2D eigenvalue weighted by atomic mass is 9.98. The van der Waals surface area contributed by atoms with Gasteiger partial charge in [-0.1, -0.05) is 25.5 Å². The SMILES string of the molecule is CCCOc1ccccc1N(C)c1nc(OC2CCCCC2)ncc1C(F)(F)F. The summed E-state index contributed by atoms with van der Waals surface area (Å²) < 4.78 is 52.4. The van der Waals surface area contributed by atoms with Gasteiger partial charge in [0.25, 0.3) is 0 Å². The second kappa shape index (κ2) is 9.33. The van der Waals surface area contributed by atoms with Crippen LogP contribution >= 0.6 is 0 Å². The van der Waals surface area contributed by atoms with E-state index in [-0.39, 0.29) is 17.9 Å². The van der Waals surface area contributed by atoms with Crippen molar-refractivity contribution >= 4 is 11.5 Å². The number of benzene rings is 1. The van der Waals surface area contributed by atoms with E-state index in [2.05, 4.69) is 9.97 Å². The van der Waals surface area contributed by atoms with Crippen molar-refractivity contribution in [2.24, 2.45) is 0 Å². The molecule has 1 aliphatic rings. The van der Waals surface area contributed by atoms with Crippen LogP contribution in [0.25, 0.3) is 0 Å². The minimum atomic E-state index is -4.59. The van der Waals surface area contributed by atoms with E-state index in [1.165, 1.54) is 11.9 Å². The lowest BCUT2D eigenvalue weighted by molar-refractivity contribution is -0.137. The Kier molecular flexibility index (Phi) is 6.82. The van der Waals surface area contributed by atoms with Gasteiger partial charge < -0.3 is 14.4 Å². The summed E-state index contributed by atoms with van der Waals surface area (Å²) in [4.78, 5) is 9.36. The van der Waals surface area contributed by atoms with Crippen LogP contribution in [0.2, 0.25) is 0 Å². The van der Waals surface area contributed by atoms with Crippen molar-refractivity contribution in [1.29, 1.82) is 0 Å². The Bertz CT molecular complexity index is 808. The average Bonchev–Trinajstić information content (AvgIpc) is 2.72. The third-order valence-corrected chi connectivity index (χ3v) is 4.88. The molecule has 5 nitrogen and oxygen atoms in total. The largest absolute Gasteiger partial charge is 0.491 e. The van der Waals surface area contributed by atoms with Crippen LogP contribution in [0.3, 0.4) is 0 Å². The van der Waals surface area contributed by atoms with Crippen LogP contribution in [-0.2, 0) is 6.18 Å². The molecule has 0 aliphatic heterocycles. The van der Waals surface area contributed by atoms with Crippen molar-refractivity contribution in [3.63, 3.8) is 0 Å². The van der Waals surface area contributed by atoms with Gasteiger partial charge in [0.1, 0.15) is 17.4 Å². The first-order valence-electron chi connectivity index (χ1n) is 9.96. The maximum Gasteiger partial charge on any atom is 0.421 e. The van der Waals surface area contributed by atoms with Gasteiger partial charge in [0, 0.05) is 13.2 Å². The zero-order valence-electron chi connectivity index (χ0n) is 16.7. The molecule has 0 spiro atoms. The van der Waals surface area contributed by atoms with Gasteiger partial charge in [-0.25, -0.2) is 4.98 Å². The van der Waals surface area contributed by atoms with Gasteiger partial charge in [-0.15, -0.1) is 0 Å². The van der Waals surface area contributed by atoms with Crippen LogP contribution in [0, 0.1) is 0 Å². The molecule has 0 unspecified atom stereocenters. The fourth-order valence-corrected chi connectivity index (χ4v) is 3.38. The van der Waals surface area contributed by atoms with Gasteiger partial charge in [0.15, 0.2) is 5.82 Å². The maximum absolute atomic E-state index is 13.6. The number of alkyl halides is 3. The number of hydrogen-bond acceptors (Lipinski definition) is 5. The van der Waals surface area contributed by atoms with Crippen molar-refractivity contribution in [2.45, 2.75) is 57.7 Å². The second-order valence-electron chi connectivity index (χ2n) is 7.14. The Morgan fingerprint density at radius 2 is 1.86 bits per heavy atom. The average molecular weight is 409 g/mol. The van der Waals surface area contributed by atoms with E-state index >= 15 is 0 Å². The Balaban J connectivity index is 1.95. The van der Waals surface area contributed by atoms with E-state index in [1.54, 1.807) is 24.3 Å². The van der Waals surface area contributed by atoms with Gasteiger partial charge in [-0.3, -0.25) is 0 Å². The number of anilines is 2. The molecule has 29 heavy (non-hydrogen) atoms. The number of halogens is 3. The number of ether oxygens (including phenoxy) is 2. The molecule has 0 saturated heterocycles. The molecule has 1 aromatic carbocycles. The van der Waals surface area contributed by atoms with E-state index in [0.29, 0.717) is 18.0 Å². The lowest BCUT2D eigenvalue weighted by Crippen LogP contribution is -2.23. The molecule has 1 saturated carbocycles. The summed E-state index contributed by atoms with van der Waals surface area (Å²) in [5, 5.41) is 0. The summed E-state index contributed by atoms with van der Waals surface area (Å²) >= 11 is 0. The summed E-state index contributed by atoms with van der Waals surface area (Å²) in [5.74, 6) is 0.240. The minimum absolute atomic E-state index is 0.0290. The predicted molar refractivity (Wildman–Crippen MR) is 105 cm³/mol. The first-order valence-corrected chi connectivity index (χ1v) is 9.96. The molecule has 1 fully saturated rings. The molecule has 2 aromatic rings. The zero-order valence-corrected chi connectivity index (χ0v) is 16.7. The molecule has 0 atom stereocenters. The van der Waals surface area contributed by atoms with Crippen LogP contribution < -0.4 is 14.4 Å². The summed E-state index contributed by atoms with van der Waals surface area (Å²) in [6.45, 7) is 2.43. The van der Waals surface area contributed by atoms with Crippen LogP contribution in [0.1, 0.15) is 51.0 Å². The van der Waals surface area contributed by atoms with Crippen LogP contribution in [0.15, 0.2) is 30.5 Å². The fourth-order valence-electron chi connectivity index (χ4n) is 3.38. The fraction of sp³-hybridized carbons (Fsp3) is 0.524. The molecule has 8 heteroatoms. The number of para-hydroxylation sites is 2. The van der Waals surface area contributed by atoms with Crippen molar-refractivity contribution in [1.82, 2.24) is 9.97 Å². The highest BCUT2D eigenvalue weighted by atomic mass is 19.4. The highest BCUT2D eigenvalue weighted by Crippen LogP contribution is 2.40. The monoisotopic (exact) mass is 409 g/mol. The molecule has 0 N–H and O–H groups in total. The lowest BCUT2D eigenvalue weighted by Gasteiger charge is -2.26. The quantitative estimate of drug-likeness (QED) is 0.582. The molecule has 0 amide bonds. The smallest absolute Gasteiger partial charge is 0.421 e. The zero-order chi connectivity index (χ0) is 20.9. The molecular formula is C21H26F3N3O2. The van der Waals surface area contributed by atoms with Gasteiger partial charge in [0.2, 0.25) is 0 Å². The van der Waals surface area contributed by atoms with Crippen molar-refractivity contribution in [3.05, 3.63) is 36.0 Å². The van der Waals surface area contributed by atoms with E-state index < -0.39 is 11.7 Å². The summed E-state index contributed by atoms with van der Waals surface area (Å²) in [5.41, 5.74) is -0.421. The molecule has 1 aromatic heterocycles. The van der Waals surface area contributed by atoms with Crippen LogP contribution in [0.5, 0.6) is 11.8 Å². The number of nitrogens with zero attached hydrogens (tertiary/aromatic N) is 3. The van der Waals surface area contributed by atoms with E-state index in [0.717, 1.165) is 44.7 Å². The van der Waals surface area contributed by atoms with Crippen LogP contribution in [-0.4, -0.2) is 29.7 Å². The second-order valence-corrected chi connectivity index (χ2v) is 7.14. The summed E-state index contributed by atoms with van der Waals surface area (Å²) in [7, 11) is 1.54. The minimum Gasteiger partial charge on any atom is -0.491 e. The highest BCUT2D eigenvalue weighted by molar-refractivity contribution is 5.68. The predicted octanol–water partition coefficient (Wildman–Crippen LogP) is 5.76. The van der Waals surface area contributed by atoms with Crippen molar-refractivity contribution in [3.8, 4) is 11.8 Å². The Morgan fingerprint density at radius 1 is 1.14 bits per heavy atom. The third-order valence-electron chi connectivity index (χ3n) is 4.88. The topological polar surface area (TPSA) is 47.5 Å². The Labute approximate surface area is 168 Å². The summed E-state index contributed by atoms with van der Waals surface area (Å²) in [6.07, 6.45) is 1.90. The number of hydrogen-bond donors (Lipinski definition) is 0. The first kappa shape index (κ1) is 21.2. The van der Waals surface area contributed by atoms with E-state index in [4.69, 9.17) is 9.47 Å².